The minimum absolute atomic E-state index is 0.00749. The molecule has 6 nitrogen and oxygen atoms in total. The minimum atomic E-state index is -0.540. The van der Waals surface area contributed by atoms with E-state index >= 15 is 0 Å². The van der Waals surface area contributed by atoms with Crippen LogP contribution < -0.4 is 0 Å². The van der Waals surface area contributed by atoms with Crippen molar-refractivity contribution in [2.45, 2.75) is 90.6 Å². The first kappa shape index (κ1) is 29.7. The third kappa shape index (κ3) is 4.94. The standard InChI is InChI=1S/C32H42O6/c1-5-31(6-2,29-21(17-33)12-27(37)13-22(29)18-34)25-10-9-11-26(16-25)32(7-3,8-4)30-23(19-35)14-28(38)15-24(30)20-36/h9-16,33-38H,5-8,17-20H2,1-4H3. The molecule has 3 rings (SSSR count). The monoisotopic (exact) mass is 522 g/mol. The summed E-state index contributed by atoms with van der Waals surface area (Å²) < 4.78 is 0. The van der Waals surface area contributed by atoms with Crippen molar-refractivity contribution >= 4 is 0 Å². The molecule has 206 valence electrons. The van der Waals surface area contributed by atoms with E-state index in [1.807, 2.05) is 6.07 Å². The highest BCUT2D eigenvalue weighted by atomic mass is 16.3. The first-order chi connectivity index (χ1) is 18.2. The van der Waals surface area contributed by atoms with E-state index in [1.165, 1.54) is 0 Å². The van der Waals surface area contributed by atoms with Gasteiger partial charge >= 0.3 is 0 Å². The van der Waals surface area contributed by atoms with Crippen molar-refractivity contribution in [1.29, 1.82) is 0 Å². The van der Waals surface area contributed by atoms with Gasteiger partial charge in [0.05, 0.1) is 26.4 Å². The van der Waals surface area contributed by atoms with Crippen LogP contribution in [0.4, 0.5) is 0 Å². The molecule has 0 aliphatic heterocycles. The summed E-state index contributed by atoms with van der Waals surface area (Å²) in [6, 6.07) is 14.6. The Kier molecular flexibility index (Phi) is 9.60. The van der Waals surface area contributed by atoms with E-state index in [9.17, 15) is 30.6 Å². The van der Waals surface area contributed by atoms with E-state index in [1.54, 1.807) is 24.3 Å². The molecule has 0 spiro atoms. The van der Waals surface area contributed by atoms with Crippen LogP contribution in [0.5, 0.6) is 11.5 Å². The van der Waals surface area contributed by atoms with E-state index in [4.69, 9.17) is 0 Å². The lowest BCUT2D eigenvalue weighted by Gasteiger charge is -2.40. The fraction of sp³-hybridized carbons (Fsp3) is 0.438. The Labute approximate surface area is 225 Å². The highest BCUT2D eigenvalue weighted by molar-refractivity contribution is 5.55. The van der Waals surface area contributed by atoms with Crippen molar-refractivity contribution in [1.82, 2.24) is 0 Å². The van der Waals surface area contributed by atoms with Crippen LogP contribution in [0.2, 0.25) is 0 Å². The van der Waals surface area contributed by atoms with Gasteiger partial charge in [-0.25, -0.2) is 0 Å². The van der Waals surface area contributed by atoms with Crippen LogP contribution in [-0.4, -0.2) is 30.6 Å². The zero-order valence-electron chi connectivity index (χ0n) is 23.0. The summed E-state index contributed by atoms with van der Waals surface area (Å²) in [5, 5.41) is 61.5. The fourth-order valence-electron chi connectivity index (χ4n) is 6.65. The summed E-state index contributed by atoms with van der Waals surface area (Å²) in [4.78, 5) is 0. The number of aromatic hydroxyl groups is 2. The topological polar surface area (TPSA) is 121 Å². The molecule has 0 heterocycles. The maximum absolute atomic E-state index is 10.2. The zero-order valence-corrected chi connectivity index (χ0v) is 23.0. The Hall–Kier alpha value is -2.90. The van der Waals surface area contributed by atoms with E-state index in [-0.39, 0.29) is 37.9 Å². The third-order valence-electron chi connectivity index (χ3n) is 8.59. The number of phenols is 2. The van der Waals surface area contributed by atoms with Gasteiger partial charge in [-0.05, 0) is 94.5 Å². The number of hydrogen-bond donors (Lipinski definition) is 6. The van der Waals surface area contributed by atoms with Gasteiger partial charge in [-0.2, -0.15) is 0 Å². The first-order valence-corrected chi connectivity index (χ1v) is 13.5. The molecule has 38 heavy (non-hydrogen) atoms. The van der Waals surface area contributed by atoms with Gasteiger partial charge in [0, 0.05) is 10.8 Å². The molecule has 0 radical (unpaired) electrons. The lowest BCUT2D eigenvalue weighted by atomic mass is 9.64. The van der Waals surface area contributed by atoms with Crippen LogP contribution in [0.1, 0.15) is 97.9 Å². The van der Waals surface area contributed by atoms with Crippen molar-refractivity contribution in [3.05, 3.63) is 93.0 Å². The Morgan fingerprint density at radius 1 is 0.500 bits per heavy atom. The van der Waals surface area contributed by atoms with Crippen LogP contribution in [-0.2, 0) is 37.3 Å². The van der Waals surface area contributed by atoms with E-state index in [0.29, 0.717) is 47.9 Å². The number of phenolic OH excluding ortho intramolecular Hbond substituents is 2. The SMILES string of the molecule is CCC(CC)(c1cccc(C(CC)(CC)c2c(CO)cc(O)cc2CO)c1)c1c(CO)cc(O)cc1CO. The molecule has 6 N–H and O–H groups in total. The second kappa shape index (κ2) is 12.3. The number of aliphatic hydroxyl groups excluding tert-OH is 4. The normalized spacial score (nSPS) is 12.2. The highest BCUT2D eigenvalue weighted by Crippen LogP contribution is 2.48. The smallest absolute Gasteiger partial charge is 0.116 e. The van der Waals surface area contributed by atoms with Crippen molar-refractivity contribution < 1.29 is 30.6 Å². The minimum Gasteiger partial charge on any atom is -0.508 e. The molecule has 3 aromatic rings. The van der Waals surface area contributed by atoms with Gasteiger partial charge in [-0.15, -0.1) is 0 Å². The Morgan fingerprint density at radius 3 is 1.03 bits per heavy atom. The number of benzene rings is 3. The lowest BCUT2D eigenvalue weighted by Crippen LogP contribution is -2.32. The van der Waals surface area contributed by atoms with E-state index in [0.717, 1.165) is 22.3 Å². The summed E-state index contributed by atoms with van der Waals surface area (Å²) in [5.74, 6) is 0.0150. The average molecular weight is 523 g/mol. The summed E-state index contributed by atoms with van der Waals surface area (Å²) in [7, 11) is 0. The average Bonchev–Trinajstić information content (AvgIpc) is 2.95. The maximum atomic E-state index is 10.2. The number of rotatable bonds is 12. The summed E-state index contributed by atoms with van der Waals surface area (Å²) in [5.41, 5.74) is 4.98. The number of hydrogen-bond acceptors (Lipinski definition) is 6. The van der Waals surface area contributed by atoms with Crippen LogP contribution in [0.15, 0.2) is 48.5 Å². The quantitative estimate of drug-likeness (QED) is 0.193. The van der Waals surface area contributed by atoms with Crippen molar-refractivity contribution in [3.63, 3.8) is 0 Å². The Bertz CT molecular complexity index is 1100. The molecular formula is C32H42O6. The summed E-state index contributed by atoms with van der Waals surface area (Å²) in [6.45, 7) is 7.30. The molecule has 0 fully saturated rings. The first-order valence-electron chi connectivity index (χ1n) is 13.5. The van der Waals surface area contributed by atoms with E-state index in [2.05, 4.69) is 45.9 Å². The fourth-order valence-corrected chi connectivity index (χ4v) is 6.65. The zero-order chi connectivity index (χ0) is 28.1. The predicted octanol–water partition coefficient (Wildman–Crippen LogP) is 5.28. The van der Waals surface area contributed by atoms with Gasteiger partial charge in [0.15, 0.2) is 0 Å². The molecule has 0 unspecified atom stereocenters. The summed E-state index contributed by atoms with van der Waals surface area (Å²) >= 11 is 0. The lowest BCUT2D eigenvalue weighted by molar-refractivity contribution is 0.265. The largest absolute Gasteiger partial charge is 0.508 e. The Balaban J connectivity index is 2.38. The van der Waals surface area contributed by atoms with Crippen LogP contribution in [0, 0.1) is 0 Å². The third-order valence-corrected chi connectivity index (χ3v) is 8.59. The molecule has 0 aliphatic carbocycles. The Morgan fingerprint density at radius 2 is 0.789 bits per heavy atom. The van der Waals surface area contributed by atoms with Gasteiger partial charge in [0.1, 0.15) is 11.5 Å². The predicted molar refractivity (Wildman–Crippen MR) is 149 cm³/mol. The molecule has 3 aromatic carbocycles. The van der Waals surface area contributed by atoms with Gasteiger partial charge in [-0.3, -0.25) is 0 Å². The number of aliphatic hydroxyl groups is 4. The van der Waals surface area contributed by atoms with Gasteiger partial charge in [0.2, 0.25) is 0 Å². The van der Waals surface area contributed by atoms with Gasteiger partial charge in [0.25, 0.3) is 0 Å². The second-order valence-electron chi connectivity index (χ2n) is 10.1. The van der Waals surface area contributed by atoms with Crippen LogP contribution in [0.25, 0.3) is 0 Å². The highest BCUT2D eigenvalue weighted by Gasteiger charge is 2.39. The molecular weight excluding hydrogens is 480 g/mol. The van der Waals surface area contributed by atoms with Crippen LogP contribution in [0.3, 0.4) is 0 Å². The van der Waals surface area contributed by atoms with Crippen molar-refractivity contribution in [2.24, 2.45) is 0 Å². The molecule has 0 aliphatic rings. The van der Waals surface area contributed by atoms with Crippen LogP contribution >= 0.6 is 0 Å². The molecule has 0 atom stereocenters. The maximum Gasteiger partial charge on any atom is 0.116 e. The molecule has 0 saturated carbocycles. The second-order valence-corrected chi connectivity index (χ2v) is 10.1. The molecule has 6 heteroatoms. The molecule has 0 saturated heterocycles. The summed E-state index contributed by atoms with van der Waals surface area (Å²) in [6.07, 6.45) is 2.80. The molecule has 0 aromatic heterocycles. The van der Waals surface area contributed by atoms with Gasteiger partial charge < -0.3 is 30.6 Å². The van der Waals surface area contributed by atoms with E-state index < -0.39 is 10.8 Å². The molecule has 0 amide bonds. The van der Waals surface area contributed by atoms with Crippen molar-refractivity contribution in [3.8, 4) is 11.5 Å². The van der Waals surface area contributed by atoms with Gasteiger partial charge in [-0.1, -0.05) is 52.0 Å². The molecule has 0 bridgehead atoms. The van der Waals surface area contributed by atoms with Crippen molar-refractivity contribution in [2.75, 3.05) is 0 Å².